The topological polar surface area (TPSA) is 95.2 Å². The van der Waals surface area contributed by atoms with E-state index < -0.39 is 6.10 Å². The van der Waals surface area contributed by atoms with Crippen LogP contribution in [0.3, 0.4) is 0 Å². The summed E-state index contributed by atoms with van der Waals surface area (Å²) in [6.07, 6.45) is 2.36. The predicted octanol–water partition coefficient (Wildman–Crippen LogP) is 1.26. The van der Waals surface area contributed by atoms with Crippen molar-refractivity contribution in [1.29, 1.82) is 0 Å². The number of aromatic amines is 1. The van der Waals surface area contributed by atoms with Gasteiger partial charge < -0.3 is 14.5 Å². The van der Waals surface area contributed by atoms with Crippen LogP contribution in [0.1, 0.15) is 46.4 Å². The molecule has 1 saturated heterocycles. The number of rotatable bonds is 4. The van der Waals surface area contributed by atoms with E-state index in [1.807, 2.05) is 19.1 Å². The molecule has 3 heterocycles. The highest BCUT2D eigenvalue weighted by Crippen LogP contribution is 2.39. The van der Waals surface area contributed by atoms with Gasteiger partial charge in [0.05, 0.1) is 11.8 Å². The molecule has 23 heavy (non-hydrogen) atoms. The van der Waals surface area contributed by atoms with E-state index in [4.69, 9.17) is 4.52 Å². The minimum Gasteiger partial charge on any atom is -0.391 e. The van der Waals surface area contributed by atoms with E-state index in [-0.39, 0.29) is 11.8 Å². The van der Waals surface area contributed by atoms with Gasteiger partial charge in [-0.05, 0) is 25.8 Å². The monoisotopic (exact) mass is 316 g/mol. The number of nitrogens with one attached hydrogen (secondary N) is 1. The van der Waals surface area contributed by atoms with E-state index in [0.29, 0.717) is 31.1 Å². The zero-order valence-electron chi connectivity index (χ0n) is 13.0. The molecule has 1 aliphatic heterocycles. The van der Waals surface area contributed by atoms with Crippen LogP contribution in [0.25, 0.3) is 0 Å². The lowest BCUT2D eigenvalue weighted by Gasteiger charge is -2.14. The minimum atomic E-state index is -0.550. The van der Waals surface area contributed by atoms with Crippen LogP contribution in [0.15, 0.2) is 16.7 Å². The van der Waals surface area contributed by atoms with Gasteiger partial charge >= 0.3 is 0 Å². The van der Waals surface area contributed by atoms with Gasteiger partial charge in [-0.15, -0.1) is 0 Å². The molecule has 7 heteroatoms. The van der Waals surface area contributed by atoms with Gasteiger partial charge in [0.2, 0.25) is 0 Å². The maximum absolute atomic E-state index is 12.5. The Morgan fingerprint density at radius 1 is 1.43 bits per heavy atom. The smallest absolute Gasteiger partial charge is 0.274 e. The van der Waals surface area contributed by atoms with E-state index in [1.165, 1.54) is 0 Å². The number of aromatic nitrogens is 3. The average Bonchev–Trinajstić information content (AvgIpc) is 2.94. The highest BCUT2D eigenvalue weighted by atomic mass is 16.5. The number of β-amino-alcohol motifs (C(OH)–C–C–N with tert-alkyl or cyclic N) is 1. The number of amides is 1. The molecule has 7 nitrogen and oxygen atoms in total. The highest BCUT2D eigenvalue weighted by Gasteiger charge is 2.36. The zero-order valence-corrected chi connectivity index (χ0v) is 13.0. The van der Waals surface area contributed by atoms with Crippen LogP contribution in [0.4, 0.5) is 0 Å². The summed E-state index contributed by atoms with van der Waals surface area (Å²) in [5, 5.41) is 21.2. The zero-order chi connectivity index (χ0) is 16.0. The normalized spacial score (nSPS) is 24.3. The third-order valence-corrected chi connectivity index (χ3v) is 4.67. The second kappa shape index (κ2) is 5.49. The first-order valence-electron chi connectivity index (χ1n) is 8.05. The lowest BCUT2D eigenvalue weighted by atomic mass is 10.0. The van der Waals surface area contributed by atoms with Crippen molar-refractivity contribution in [1.82, 2.24) is 20.3 Å². The van der Waals surface area contributed by atoms with Gasteiger partial charge in [-0.1, -0.05) is 5.16 Å². The van der Waals surface area contributed by atoms with Crippen LogP contribution in [0.5, 0.6) is 0 Å². The largest absolute Gasteiger partial charge is 0.391 e. The number of hydrogen-bond acceptors (Lipinski definition) is 5. The molecule has 0 bridgehead atoms. The number of likely N-dealkylation sites (tertiary alicyclic amines) is 1. The summed E-state index contributed by atoms with van der Waals surface area (Å²) in [6.45, 7) is 2.70. The van der Waals surface area contributed by atoms with E-state index in [0.717, 1.165) is 30.0 Å². The van der Waals surface area contributed by atoms with Crippen LogP contribution in [0.2, 0.25) is 0 Å². The first kappa shape index (κ1) is 14.4. The van der Waals surface area contributed by atoms with Crippen LogP contribution < -0.4 is 0 Å². The van der Waals surface area contributed by atoms with Crippen molar-refractivity contribution in [2.24, 2.45) is 5.92 Å². The van der Waals surface area contributed by atoms with E-state index in [2.05, 4.69) is 15.4 Å². The number of nitrogens with zero attached hydrogens (tertiary/aromatic N) is 3. The first-order chi connectivity index (χ1) is 11.1. The summed E-state index contributed by atoms with van der Waals surface area (Å²) >= 11 is 0. The number of aliphatic hydroxyl groups is 1. The van der Waals surface area contributed by atoms with E-state index in [1.54, 1.807) is 4.90 Å². The standard InChI is InChI=1S/C16H20N4O3/c1-9-4-12(23-19-9)5-11-7-20(8-15(11)21)16(22)14-6-13(17-18-14)10-2-3-10/h4,6,10-11,15,21H,2-3,5,7-8H2,1H3,(H,17,18)/t11-,15+/m1/s1. The lowest BCUT2D eigenvalue weighted by molar-refractivity contribution is 0.0759. The SMILES string of the molecule is Cc1cc(C[C@@H]2CN(C(=O)c3cc(C4CC4)[nH]n3)C[C@@H]2O)on1. The molecule has 1 aliphatic carbocycles. The summed E-state index contributed by atoms with van der Waals surface area (Å²) in [5.74, 6) is 1.13. The molecule has 2 fully saturated rings. The van der Waals surface area contributed by atoms with Gasteiger partial charge in [0, 0.05) is 43.1 Å². The number of hydrogen-bond donors (Lipinski definition) is 2. The third-order valence-electron chi connectivity index (χ3n) is 4.67. The Bertz CT molecular complexity index is 718. The van der Waals surface area contributed by atoms with Crippen LogP contribution in [-0.2, 0) is 6.42 Å². The molecule has 122 valence electrons. The van der Waals surface area contributed by atoms with Gasteiger partial charge in [-0.3, -0.25) is 9.89 Å². The summed E-state index contributed by atoms with van der Waals surface area (Å²) in [6, 6.07) is 3.71. The quantitative estimate of drug-likeness (QED) is 0.885. The summed E-state index contributed by atoms with van der Waals surface area (Å²) in [5.41, 5.74) is 2.31. The molecule has 0 spiro atoms. The number of carbonyl (C=O) groups is 1. The Hall–Kier alpha value is -2.15. The Balaban J connectivity index is 1.42. The summed E-state index contributed by atoms with van der Waals surface area (Å²) in [4.78, 5) is 14.2. The molecule has 1 saturated carbocycles. The fourth-order valence-electron chi connectivity index (χ4n) is 3.20. The minimum absolute atomic E-state index is 0.0341. The molecule has 1 amide bonds. The van der Waals surface area contributed by atoms with Gasteiger partial charge in [0.15, 0.2) is 0 Å². The van der Waals surface area contributed by atoms with Crippen molar-refractivity contribution in [3.05, 3.63) is 35.0 Å². The molecule has 2 aromatic rings. The fourth-order valence-corrected chi connectivity index (χ4v) is 3.20. The fraction of sp³-hybridized carbons (Fsp3) is 0.562. The van der Waals surface area contributed by atoms with Crippen molar-refractivity contribution in [2.75, 3.05) is 13.1 Å². The number of aryl methyl sites for hydroxylation is 1. The molecule has 4 rings (SSSR count). The molecule has 2 aliphatic rings. The molecular weight excluding hydrogens is 296 g/mol. The number of carbonyl (C=O) groups excluding carboxylic acids is 1. The molecule has 0 aromatic carbocycles. The Morgan fingerprint density at radius 3 is 2.96 bits per heavy atom. The summed E-state index contributed by atoms with van der Waals surface area (Å²) < 4.78 is 5.21. The Kier molecular flexibility index (Phi) is 3.45. The number of aliphatic hydroxyl groups excluding tert-OH is 1. The van der Waals surface area contributed by atoms with E-state index >= 15 is 0 Å². The van der Waals surface area contributed by atoms with Crippen molar-refractivity contribution in [2.45, 2.75) is 38.2 Å². The van der Waals surface area contributed by atoms with E-state index in [9.17, 15) is 9.90 Å². The molecular formula is C16H20N4O3. The molecule has 2 atom stereocenters. The molecule has 2 N–H and O–H groups in total. The van der Waals surface area contributed by atoms with Crippen molar-refractivity contribution >= 4 is 5.91 Å². The van der Waals surface area contributed by atoms with Gasteiger partial charge in [0.25, 0.3) is 5.91 Å². The predicted molar refractivity (Wildman–Crippen MR) is 80.9 cm³/mol. The highest BCUT2D eigenvalue weighted by molar-refractivity contribution is 5.92. The van der Waals surface area contributed by atoms with Gasteiger partial charge in [0.1, 0.15) is 11.5 Å². The maximum Gasteiger partial charge on any atom is 0.274 e. The third kappa shape index (κ3) is 2.88. The average molecular weight is 316 g/mol. The summed E-state index contributed by atoms with van der Waals surface area (Å²) in [7, 11) is 0. The number of H-pyrrole nitrogens is 1. The Labute approximate surface area is 133 Å². The van der Waals surface area contributed by atoms with Gasteiger partial charge in [-0.2, -0.15) is 5.10 Å². The van der Waals surface area contributed by atoms with Crippen molar-refractivity contribution in [3.8, 4) is 0 Å². The second-order valence-corrected chi connectivity index (χ2v) is 6.66. The lowest BCUT2D eigenvalue weighted by Crippen LogP contribution is -2.29. The molecule has 0 radical (unpaired) electrons. The van der Waals surface area contributed by atoms with Crippen molar-refractivity contribution in [3.63, 3.8) is 0 Å². The Morgan fingerprint density at radius 2 is 2.26 bits per heavy atom. The van der Waals surface area contributed by atoms with Crippen LogP contribution in [-0.4, -0.2) is 50.5 Å². The molecule has 2 aromatic heterocycles. The van der Waals surface area contributed by atoms with Crippen molar-refractivity contribution < 1.29 is 14.4 Å². The molecule has 0 unspecified atom stereocenters. The van der Waals surface area contributed by atoms with Crippen LogP contribution in [0, 0.1) is 12.8 Å². The first-order valence-corrected chi connectivity index (χ1v) is 8.05. The second-order valence-electron chi connectivity index (χ2n) is 6.66. The van der Waals surface area contributed by atoms with Crippen LogP contribution >= 0.6 is 0 Å². The maximum atomic E-state index is 12.5. The van der Waals surface area contributed by atoms with Gasteiger partial charge in [-0.25, -0.2) is 0 Å².